The zero-order valence-electron chi connectivity index (χ0n) is 32.8. The molecular formula is C56H34N4S. The Hall–Kier alpha value is -7.60. The maximum atomic E-state index is 5.12. The van der Waals surface area contributed by atoms with E-state index in [1.807, 2.05) is 48.2 Å². The first-order valence-electron chi connectivity index (χ1n) is 20.7. The number of nitrogens with zero attached hydrogens (tertiary/aromatic N) is 4. The van der Waals surface area contributed by atoms with Gasteiger partial charge in [-0.1, -0.05) is 182 Å². The van der Waals surface area contributed by atoms with Crippen LogP contribution in [0.3, 0.4) is 0 Å². The smallest absolute Gasteiger partial charge is 0.164 e. The first-order chi connectivity index (χ1) is 30.2. The van der Waals surface area contributed by atoms with Crippen molar-refractivity contribution in [1.82, 2.24) is 19.5 Å². The highest BCUT2D eigenvalue weighted by Gasteiger charge is 2.50. The minimum absolute atomic E-state index is 0.490. The number of rotatable bonds is 4. The summed E-state index contributed by atoms with van der Waals surface area (Å²) in [5.74, 6) is 1.92. The van der Waals surface area contributed by atoms with Gasteiger partial charge in [0.1, 0.15) is 0 Å². The lowest BCUT2D eigenvalue weighted by molar-refractivity contribution is 0.724. The van der Waals surface area contributed by atoms with Gasteiger partial charge in [-0.3, -0.25) is 0 Å². The van der Waals surface area contributed by atoms with E-state index in [2.05, 4.69) is 174 Å². The highest BCUT2D eigenvalue weighted by atomic mass is 32.2. The molecule has 11 aromatic rings. The number of hydrogen-bond donors (Lipinski definition) is 0. The Morgan fingerprint density at radius 1 is 0.377 bits per heavy atom. The molecule has 1 aliphatic carbocycles. The topological polar surface area (TPSA) is 43.6 Å². The van der Waals surface area contributed by atoms with Crippen molar-refractivity contribution in [1.29, 1.82) is 0 Å². The van der Waals surface area contributed by atoms with Crippen LogP contribution in [0.15, 0.2) is 216 Å². The molecule has 1 aliphatic heterocycles. The van der Waals surface area contributed by atoms with Crippen LogP contribution in [0.25, 0.3) is 83.6 Å². The molecule has 0 fully saturated rings. The number of hydrogen-bond acceptors (Lipinski definition) is 4. The molecule has 0 N–H and O–H groups in total. The second kappa shape index (κ2) is 13.2. The summed E-state index contributed by atoms with van der Waals surface area (Å²) in [6.45, 7) is 0. The molecule has 0 amide bonds. The zero-order chi connectivity index (χ0) is 40.1. The van der Waals surface area contributed by atoms with E-state index in [4.69, 9.17) is 15.0 Å². The lowest BCUT2D eigenvalue weighted by Gasteiger charge is -2.39. The molecule has 5 heteroatoms. The SMILES string of the molecule is c1ccc(-c2nc(-c3ccccc3)nc(-c3cccc(-n4c5cc6c(cc5c5c7ccccc7ccc54)Sc4ccccc4C64c5ccccc5-c5ccccc54)c3)n2)cc1. The van der Waals surface area contributed by atoms with E-state index in [-0.39, 0.29) is 0 Å². The van der Waals surface area contributed by atoms with Gasteiger partial charge in [-0.05, 0) is 80.6 Å². The standard InChI is InChI=1S/C56H34N4S/c1-3-17-36(18-4-1)53-57-54(37-19-5-2-6-20-37)59-55(58-53)38-21-15-22-39(32-38)60-48-31-30-35-16-7-8-23-40(35)52(48)43-33-51-47(34-49(43)60)56(46-28-13-14-29-50(46)61-51)44-26-11-9-24-41(44)42-25-10-12-27-45(42)56/h1-34H. The Bertz CT molecular complexity index is 3470. The molecule has 61 heavy (non-hydrogen) atoms. The largest absolute Gasteiger partial charge is 0.309 e. The number of aromatic nitrogens is 4. The molecule has 4 nitrogen and oxygen atoms in total. The van der Waals surface area contributed by atoms with Gasteiger partial charge in [0.05, 0.1) is 16.4 Å². The summed E-state index contributed by atoms with van der Waals surface area (Å²) < 4.78 is 2.46. The molecule has 0 radical (unpaired) electrons. The van der Waals surface area contributed by atoms with Gasteiger partial charge < -0.3 is 4.57 Å². The fraction of sp³-hybridized carbons (Fsp3) is 0.0179. The van der Waals surface area contributed by atoms with Crippen molar-refractivity contribution < 1.29 is 0 Å². The van der Waals surface area contributed by atoms with E-state index in [0.717, 1.165) is 33.4 Å². The summed E-state index contributed by atoms with van der Waals surface area (Å²) in [7, 11) is 0. The van der Waals surface area contributed by atoms with Gasteiger partial charge in [-0.15, -0.1) is 0 Å². The van der Waals surface area contributed by atoms with Crippen molar-refractivity contribution in [2.75, 3.05) is 0 Å². The van der Waals surface area contributed by atoms with E-state index in [1.54, 1.807) is 0 Å². The highest BCUT2D eigenvalue weighted by molar-refractivity contribution is 7.99. The van der Waals surface area contributed by atoms with Crippen LogP contribution < -0.4 is 0 Å². The molecule has 0 saturated heterocycles. The van der Waals surface area contributed by atoms with Crippen LogP contribution >= 0.6 is 11.8 Å². The molecule has 1 spiro atoms. The predicted octanol–water partition coefficient (Wildman–Crippen LogP) is 14.0. The second-order valence-electron chi connectivity index (χ2n) is 15.9. The summed E-state index contributed by atoms with van der Waals surface area (Å²) in [5.41, 5.74) is 13.6. The summed E-state index contributed by atoms with van der Waals surface area (Å²) in [4.78, 5) is 17.8. The Balaban J connectivity index is 1.10. The van der Waals surface area contributed by atoms with Crippen LogP contribution in [0.4, 0.5) is 0 Å². The average molecular weight is 795 g/mol. The second-order valence-corrected chi connectivity index (χ2v) is 17.0. The van der Waals surface area contributed by atoms with Gasteiger partial charge in [-0.2, -0.15) is 0 Å². The summed E-state index contributed by atoms with van der Waals surface area (Å²) in [6.07, 6.45) is 0. The van der Waals surface area contributed by atoms with Gasteiger partial charge in [0.25, 0.3) is 0 Å². The van der Waals surface area contributed by atoms with Crippen molar-refractivity contribution in [3.63, 3.8) is 0 Å². The van der Waals surface area contributed by atoms with Crippen molar-refractivity contribution in [3.8, 4) is 51.0 Å². The lowest BCUT2D eigenvalue weighted by atomic mass is 9.67. The molecule has 284 valence electrons. The van der Waals surface area contributed by atoms with Gasteiger partial charge in [0.15, 0.2) is 17.5 Å². The van der Waals surface area contributed by atoms with E-state index in [9.17, 15) is 0 Å². The normalized spacial score (nSPS) is 13.3. The van der Waals surface area contributed by atoms with Gasteiger partial charge >= 0.3 is 0 Å². The molecule has 2 aromatic heterocycles. The molecule has 13 rings (SSSR count). The Morgan fingerprint density at radius 3 is 1.66 bits per heavy atom. The van der Waals surface area contributed by atoms with E-state index in [1.165, 1.54) is 64.7 Å². The van der Waals surface area contributed by atoms with Crippen LogP contribution in [0, 0.1) is 0 Å². The predicted molar refractivity (Wildman–Crippen MR) is 249 cm³/mol. The molecular weight excluding hydrogens is 761 g/mol. The van der Waals surface area contributed by atoms with Gasteiger partial charge in [0.2, 0.25) is 0 Å². The van der Waals surface area contributed by atoms with Crippen LogP contribution in [0.5, 0.6) is 0 Å². The maximum Gasteiger partial charge on any atom is 0.164 e. The Kier molecular flexibility index (Phi) is 7.42. The minimum Gasteiger partial charge on any atom is -0.309 e. The van der Waals surface area contributed by atoms with Crippen LogP contribution in [-0.2, 0) is 5.41 Å². The molecule has 0 unspecified atom stereocenters. The van der Waals surface area contributed by atoms with Gasteiger partial charge in [0, 0.05) is 42.9 Å². The molecule has 0 saturated carbocycles. The average Bonchev–Trinajstić information content (AvgIpc) is 3.82. The third kappa shape index (κ3) is 4.99. The third-order valence-corrected chi connectivity index (χ3v) is 13.8. The summed E-state index contributed by atoms with van der Waals surface area (Å²) in [5, 5.41) is 4.95. The maximum absolute atomic E-state index is 5.12. The molecule has 9 aromatic carbocycles. The summed E-state index contributed by atoms with van der Waals surface area (Å²) >= 11 is 1.89. The van der Waals surface area contributed by atoms with Gasteiger partial charge in [-0.25, -0.2) is 15.0 Å². The molecule has 0 bridgehead atoms. The zero-order valence-corrected chi connectivity index (χ0v) is 33.6. The van der Waals surface area contributed by atoms with Crippen molar-refractivity contribution in [3.05, 3.63) is 229 Å². The molecule has 3 heterocycles. The Morgan fingerprint density at radius 2 is 0.951 bits per heavy atom. The first kappa shape index (κ1) is 34.3. The number of fused-ring (bicyclic) bond motifs is 14. The Labute approximate surface area is 356 Å². The first-order valence-corrected chi connectivity index (χ1v) is 21.5. The fourth-order valence-electron chi connectivity index (χ4n) is 10.1. The van der Waals surface area contributed by atoms with Crippen molar-refractivity contribution in [2.24, 2.45) is 0 Å². The highest BCUT2D eigenvalue weighted by Crippen LogP contribution is 2.62. The molecule has 0 atom stereocenters. The van der Waals surface area contributed by atoms with E-state index in [0.29, 0.717) is 17.5 Å². The van der Waals surface area contributed by atoms with E-state index >= 15 is 0 Å². The van der Waals surface area contributed by atoms with Crippen LogP contribution in [0.1, 0.15) is 22.3 Å². The summed E-state index contributed by atoms with van der Waals surface area (Å²) in [6, 6.07) is 74.5. The van der Waals surface area contributed by atoms with Crippen molar-refractivity contribution >= 4 is 44.3 Å². The number of benzene rings is 9. The minimum atomic E-state index is -0.490. The van der Waals surface area contributed by atoms with E-state index < -0.39 is 5.41 Å². The monoisotopic (exact) mass is 794 g/mol. The van der Waals surface area contributed by atoms with Crippen LogP contribution in [-0.4, -0.2) is 19.5 Å². The van der Waals surface area contributed by atoms with Crippen molar-refractivity contribution in [2.45, 2.75) is 15.2 Å². The molecule has 2 aliphatic rings. The third-order valence-electron chi connectivity index (χ3n) is 12.7. The lowest BCUT2D eigenvalue weighted by Crippen LogP contribution is -2.32. The van der Waals surface area contributed by atoms with Crippen LogP contribution in [0.2, 0.25) is 0 Å². The quantitative estimate of drug-likeness (QED) is 0.178. The fourth-order valence-corrected chi connectivity index (χ4v) is 11.3.